The molecule has 47 heavy (non-hydrogen) atoms. The van der Waals surface area contributed by atoms with Crippen LogP contribution in [0, 0.1) is 6.92 Å². The second-order valence-corrected chi connectivity index (χ2v) is 12.9. The Balaban J connectivity index is 1.22. The van der Waals surface area contributed by atoms with Gasteiger partial charge in [0.25, 0.3) is 0 Å². The van der Waals surface area contributed by atoms with Crippen LogP contribution in [0.5, 0.6) is 5.75 Å². The van der Waals surface area contributed by atoms with Crippen molar-refractivity contribution in [2.45, 2.75) is 49.7 Å². The van der Waals surface area contributed by atoms with Crippen molar-refractivity contribution in [1.29, 1.82) is 0 Å². The van der Waals surface area contributed by atoms with Crippen LogP contribution in [-0.2, 0) is 32.6 Å². The number of ether oxygens (including phenoxy) is 1. The Hall–Kier alpha value is -5.21. The number of carboxylic acid groups (broad SMARTS) is 1. The highest BCUT2D eigenvalue weighted by Crippen LogP contribution is 2.32. The highest BCUT2D eigenvalue weighted by molar-refractivity contribution is 7.89. The van der Waals surface area contributed by atoms with E-state index in [1.807, 2.05) is 25.1 Å². The van der Waals surface area contributed by atoms with E-state index in [1.54, 1.807) is 53.6 Å². The van der Waals surface area contributed by atoms with Crippen LogP contribution in [0.15, 0.2) is 90.2 Å². The number of aromatic nitrogens is 2. The van der Waals surface area contributed by atoms with Gasteiger partial charge in [0, 0.05) is 18.4 Å². The summed E-state index contributed by atoms with van der Waals surface area (Å²) in [7, 11) is -2.58. The number of anilines is 2. The molecule has 1 aromatic heterocycles. The second-order valence-electron chi connectivity index (χ2n) is 11.2. The van der Waals surface area contributed by atoms with Crippen molar-refractivity contribution in [3.8, 4) is 5.75 Å². The third-order valence-electron chi connectivity index (χ3n) is 7.87. The van der Waals surface area contributed by atoms with Crippen molar-refractivity contribution >= 4 is 39.3 Å². The summed E-state index contributed by atoms with van der Waals surface area (Å²) in [6, 6.07) is 17.9. The van der Waals surface area contributed by atoms with Crippen LogP contribution in [0.3, 0.4) is 0 Å². The van der Waals surface area contributed by atoms with Crippen molar-refractivity contribution in [1.82, 2.24) is 19.2 Å². The van der Waals surface area contributed by atoms with Crippen molar-refractivity contribution < 1.29 is 32.6 Å². The molecule has 1 saturated heterocycles. The molecular formula is C33H36N6O7S. The number of para-hydroxylation sites is 1. The van der Waals surface area contributed by atoms with Gasteiger partial charge in [-0.1, -0.05) is 42.5 Å². The van der Waals surface area contributed by atoms with E-state index in [0.717, 1.165) is 12.0 Å². The number of carbonyl (C=O) groups is 3. The predicted octanol–water partition coefficient (Wildman–Crippen LogP) is 4.18. The number of likely N-dealkylation sites (tertiary alicyclic amines) is 1. The van der Waals surface area contributed by atoms with E-state index in [9.17, 15) is 27.9 Å². The van der Waals surface area contributed by atoms with Gasteiger partial charge in [0.15, 0.2) is 0 Å². The number of nitrogens with zero attached hydrogens (tertiary/aromatic N) is 3. The van der Waals surface area contributed by atoms with Crippen molar-refractivity contribution in [3.63, 3.8) is 0 Å². The SMILES string of the molecule is COc1cc(CC(=O)N2CCCC2c2cn(CC(NS(=O)(=O)c3ccccc3)C(=O)O)cn2)ccc1NC(=O)Nc1ccccc1C. The summed E-state index contributed by atoms with van der Waals surface area (Å²) < 4.78 is 34.7. The molecule has 4 aromatic rings. The summed E-state index contributed by atoms with van der Waals surface area (Å²) >= 11 is 0. The number of sulfonamides is 1. The molecule has 1 aliphatic rings. The molecular weight excluding hydrogens is 624 g/mol. The lowest BCUT2D eigenvalue weighted by Crippen LogP contribution is -2.43. The average molecular weight is 661 g/mol. The molecule has 4 N–H and O–H groups in total. The third kappa shape index (κ3) is 8.15. The number of hydrogen-bond donors (Lipinski definition) is 4. The highest BCUT2D eigenvalue weighted by atomic mass is 32.2. The molecule has 1 fully saturated rings. The zero-order valence-corrected chi connectivity index (χ0v) is 26.7. The van der Waals surface area contributed by atoms with Gasteiger partial charge in [-0.25, -0.2) is 18.2 Å². The second kappa shape index (κ2) is 14.5. The molecule has 0 aliphatic carbocycles. The maximum Gasteiger partial charge on any atom is 0.323 e. The minimum Gasteiger partial charge on any atom is -0.495 e. The summed E-state index contributed by atoms with van der Waals surface area (Å²) in [5.41, 5.74) is 3.34. The molecule has 0 saturated carbocycles. The van der Waals surface area contributed by atoms with E-state index in [2.05, 4.69) is 20.3 Å². The van der Waals surface area contributed by atoms with Gasteiger partial charge < -0.3 is 29.9 Å². The Kier molecular flexibility index (Phi) is 10.2. The van der Waals surface area contributed by atoms with Crippen LogP contribution in [0.25, 0.3) is 0 Å². The van der Waals surface area contributed by atoms with Crippen LogP contribution in [0.2, 0.25) is 0 Å². The Morgan fingerprint density at radius 2 is 1.74 bits per heavy atom. The topological polar surface area (TPSA) is 172 Å². The number of amides is 3. The molecule has 3 amide bonds. The fourth-order valence-corrected chi connectivity index (χ4v) is 6.67. The largest absolute Gasteiger partial charge is 0.495 e. The maximum atomic E-state index is 13.5. The van der Waals surface area contributed by atoms with Crippen LogP contribution in [-0.4, -0.2) is 65.6 Å². The van der Waals surface area contributed by atoms with Crippen LogP contribution in [0.1, 0.15) is 35.7 Å². The lowest BCUT2D eigenvalue weighted by Gasteiger charge is -2.24. The summed E-state index contributed by atoms with van der Waals surface area (Å²) in [5, 5.41) is 15.3. The molecule has 0 bridgehead atoms. The van der Waals surface area contributed by atoms with Crippen LogP contribution < -0.4 is 20.1 Å². The zero-order chi connectivity index (χ0) is 33.6. The number of imidazole rings is 1. The standard InChI is InChI=1S/C33H36N6O7S/c1-22-9-6-7-12-25(22)35-33(43)36-26-15-14-23(17-30(26)46-2)18-31(40)39-16-8-13-29(39)27-19-38(21-34-27)20-28(32(41)42)37-47(44,45)24-10-4-3-5-11-24/h3-7,9-12,14-15,17,19,21,28-29,37H,8,13,16,18,20H2,1-2H3,(H,41,42)(H2,35,36,43). The molecule has 0 radical (unpaired) electrons. The minimum atomic E-state index is -4.06. The van der Waals surface area contributed by atoms with Gasteiger partial charge in [0.05, 0.1) is 48.7 Å². The van der Waals surface area contributed by atoms with Crippen LogP contribution >= 0.6 is 0 Å². The number of rotatable bonds is 12. The number of aryl methyl sites for hydroxylation is 1. The quantitative estimate of drug-likeness (QED) is 0.175. The number of hydrogen-bond acceptors (Lipinski definition) is 7. The zero-order valence-electron chi connectivity index (χ0n) is 25.9. The average Bonchev–Trinajstić information content (AvgIpc) is 3.73. The molecule has 13 nitrogen and oxygen atoms in total. The van der Waals surface area contributed by atoms with E-state index in [4.69, 9.17) is 4.74 Å². The van der Waals surface area contributed by atoms with E-state index in [1.165, 1.54) is 30.1 Å². The number of nitrogens with one attached hydrogen (secondary N) is 3. The monoisotopic (exact) mass is 660 g/mol. The third-order valence-corrected chi connectivity index (χ3v) is 9.36. The lowest BCUT2D eigenvalue weighted by molar-refractivity contribution is -0.139. The predicted molar refractivity (Wildman–Crippen MR) is 175 cm³/mol. The molecule has 5 rings (SSSR count). The Bertz CT molecular complexity index is 1860. The highest BCUT2D eigenvalue weighted by Gasteiger charge is 2.32. The van der Waals surface area contributed by atoms with Gasteiger partial charge in [-0.3, -0.25) is 9.59 Å². The van der Waals surface area contributed by atoms with E-state index >= 15 is 0 Å². The van der Waals surface area contributed by atoms with E-state index < -0.39 is 28.1 Å². The van der Waals surface area contributed by atoms with Gasteiger partial charge in [0.2, 0.25) is 15.9 Å². The van der Waals surface area contributed by atoms with E-state index in [0.29, 0.717) is 41.3 Å². The van der Waals surface area contributed by atoms with Crippen molar-refractivity contribution in [2.24, 2.45) is 0 Å². The first kappa shape index (κ1) is 33.2. The number of aliphatic carboxylic acids is 1. The first-order valence-electron chi connectivity index (χ1n) is 15.0. The summed E-state index contributed by atoms with van der Waals surface area (Å²) in [6.45, 7) is 2.23. The number of carboxylic acids is 1. The smallest absolute Gasteiger partial charge is 0.323 e. The minimum absolute atomic E-state index is 0.0372. The fraction of sp³-hybridized carbons (Fsp3) is 0.273. The van der Waals surface area contributed by atoms with Crippen molar-refractivity contribution in [2.75, 3.05) is 24.3 Å². The van der Waals surface area contributed by atoms with Gasteiger partial charge in [0.1, 0.15) is 11.8 Å². The van der Waals surface area contributed by atoms with Crippen molar-refractivity contribution in [3.05, 3.63) is 102 Å². The van der Waals surface area contributed by atoms with Crippen LogP contribution in [0.4, 0.5) is 16.2 Å². The number of methoxy groups -OCH3 is 1. The number of carbonyl (C=O) groups excluding carboxylic acids is 2. The lowest BCUT2D eigenvalue weighted by atomic mass is 10.1. The number of urea groups is 1. The molecule has 2 atom stereocenters. The Morgan fingerprint density at radius 1 is 1.02 bits per heavy atom. The molecule has 2 unspecified atom stereocenters. The van der Waals surface area contributed by atoms with Gasteiger partial charge in [-0.15, -0.1) is 0 Å². The summed E-state index contributed by atoms with van der Waals surface area (Å²) in [4.78, 5) is 44.2. The first-order valence-corrected chi connectivity index (χ1v) is 16.4. The molecule has 0 spiro atoms. The van der Waals surface area contributed by atoms with Gasteiger partial charge in [-0.05, 0) is 61.2 Å². The van der Waals surface area contributed by atoms with E-state index in [-0.39, 0.29) is 29.8 Å². The molecule has 1 aliphatic heterocycles. The summed E-state index contributed by atoms with van der Waals surface area (Å²) in [6.07, 6.45) is 4.61. The summed E-state index contributed by atoms with van der Waals surface area (Å²) in [5.74, 6) is -1.05. The van der Waals surface area contributed by atoms with Gasteiger partial charge >= 0.3 is 12.0 Å². The normalized spacial score (nSPS) is 15.2. The number of benzene rings is 3. The Morgan fingerprint density at radius 3 is 2.47 bits per heavy atom. The first-order chi connectivity index (χ1) is 22.5. The molecule has 246 valence electrons. The molecule has 2 heterocycles. The van der Waals surface area contributed by atoms with Gasteiger partial charge in [-0.2, -0.15) is 4.72 Å². The maximum absolute atomic E-state index is 13.5. The molecule has 14 heteroatoms. The fourth-order valence-electron chi connectivity index (χ4n) is 5.47. The molecule has 3 aromatic carbocycles. The Labute approximate surface area is 272 Å².